The van der Waals surface area contributed by atoms with E-state index < -0.39 is 9.33 Å². The third kappa shape index (κ3) is 6.85. The van der Waals surface area contributed by atoms with E-state index in [1.807, 2.05) is 18.2 Å². The Morgan fingerprint density at radius 2 is 2.15 bits per heavy atom. The van der Waals surface area contributed by atoms with Gasteiger partial charge in [0.1, 0.15) is 0 Å². The number of halogens is 1. The minimum atomic E-state index is -4.19. The van der Waals surface area contributed by atoms with Crippen molar-refractivity contribution in [1.82, 2.24) is 0 Å². The van der Waals surface area contributed by atoms with Crippen LogP contribution in [0.1, 0.15) is 29.3 Å². The van der Waals surface area contributed by atoms with E-state index >= 15 is 0 Å². The minimum absolute atomic E-state index is 0.296. The first-order valence-electron chi connectivity index (χ1n) is 5.88. The first kappa shape index (κ1) is 16.9. The lowest BCUT2D eigenvalue weighted by Crippen LogP contribution is -2.31. The molecule has 112 valence electrons. The van der Waals surface area contributed by atoms with Crippen molar-refractivity contribution in [2.45, 2.75) is 26.1 Å². The van der Waals surface area contributed by atoms with Crippen LogP contribution >= 0.6 is 10.7 Å². The van der Waals surface area contributed by atoms with Gasteiger partial charge in [-0.15, -0.1) is 0 Å². The summed E-state index contributed by atoms with van der Waals surface area (Å²) >= 11 is 0. The monoisotopic (exact) mass is 322 g/mol. The molecule has 0 bridgehead atoms. The second-order valence-corrected chi connectivity index (χ2v) is 5.95. The van der Waals surface area contributed by atoms with E-state index in [0.29, 0.717) is 12.2 Å². The van der Waals surface area contributed by atoms with E-state index in [0.717, 1.165) is 18.4 Å². The van der Waals surface area contributed by atoms with E-state index in [9.17, 15) is 4.79 Å². The van der Waals surface area contributed by atoms with Crippen LogP contribution in [0.15, 0.2) is 24.3 Å². The molecule has 0 saturated carbocycles. The fraction of sp³-hybridized carbons (Fsp3) is 0.417. The van der Waals surface area contributed by atoms with Gasteiger partial charge in [0.2, 0.25) is 6.29 Å². The fourth-order valence-electron chi connectivity index (χ4n) is 1.41. The molecule has 1 unspecified atom stereocenters. The van der Waals surface area contributed by atoms with Gasteiger partial charge in [-0.3, -0.25) is 4.55 Å². The minimum Gasteiger partial charge on any atom is -0.432 e. The number of aryl methyl sites for hydroxylation is 1. The average Bonchev–Trinajstić information content (AvgIpc) is 2.31. The van der Waals surface area contributed by atoms with Crippen molar-refractivity contribution in [1.29, 1.82) is 0 Å². The SMILES string of the molecule is CCc1cccc(C(=O)OC2CCO2)c1.O=S(=O)(O)Cl. The van der Waals surface area contributed by atoms with Gasteiger partial charge >= 0.3 is 15.3 Å². The number of rotatable bonds is 3. The molecule has 20 heavy (non-hydrogen) atoms. The van der Waals surface area contributed by atoms with Crippen molar-refractivity contribution >= 4 is 26.0 Å². The molecule has 1 heterocycles. The first-order valence-corrected chi connectivity index (χ1v) is 8.15. The maximum Gasteiger partial charge on any atom is 0.353 e. The zero-order chi connectivity index (χ0) is 15.2. The van der Waals surface area contributed by atoms with Crippen LogP contribution in [0.3, 0.4) is 0 Å². The van der Waals surface area contributed by atoms with E-state index in [-0.39, 0.29) is 12.3 Å². The number of esters is 1. The summed E-state index contributed by atoms with van der Waals surface area (Å²) in [5, 5.41) is 0. The van der Waals surface area contributed by atoms with Crippen LogP contribution in [-0.2, 0) is 25.2 Å². The molecule has 0 amide bonds. The fourth-order valence-corrected chi connectivity index (χ4v) is 1.41. The molecule has 1 aliphatic rings. The van der Waals surface area contributed by atoms with E-state index in [2.05, 4.69) is 17.6 Å². The molecule has 1 aromatic rings. The highest BCUT2D eigenvalue weighted by Crippen LogP contribution is 2.15. The molecule has 1 atom stereocenters. The van der Waals surface area contributed by atoms with Gasteiger partial charge < -0.3 is 9.47 Å². The Balaban J connectivity index is 0.000000347. The highest BCUT2D eigenvalue weighted by atomic mass is 35.7. The van der Waals surface area contributed by atoms with Crippen LogP contribution in [0.4, 0.5) is 0 Å². The van der Waals surface area contributed by atoms with Crippen LogP contribution in [0.25, 0.3) is 0 Å². The van der Waals surface area contributed by atoms with Crippen molar-refractivity contribution in [2.24, 2.45) is 0 Å². The van der Waals surface area contributed by atoms with Crippen LogP contribution in [0.5, 0.6) is 0 Å². The highest BCUT2D eigenvalue weighted by molar-refractivity contribution is 8.09. The van der Waals surface area contributed by atoms with Crippen molar-refractivity contribution in [3.63, 3.8) is 0 Å². The molecule has 1 N–H and O–H groups in total. The summed E-state index contributed by atoms with van der Waals surface area (Å²) in [5.41, 5.74) is 1.74. The molecule has 1 aliphatic heterocycles. The molecule has 0 spiro atoms. The Morgan fingerprint density at radius 3 is 2.60 bits per heavy atom. The number of hydrogen-bond acceptors (Lipinski definition) is 5. The molecular weight excluding hydrogens is 308 g/mol. The second-order valence-electron chi connectivity index (χ2n) is 3.96. The molecule has 2 rings (SSSR count). The summed E-state index contributed by atoms with van der Waals surface area (Å²) in [6, 6.07) is 7.49. The van der Waals surface area contributed by atoms with Gasteiger partial charge in [0.05, 0.1) is 12.2 Å². The van der Waals surface area contributed by atoms with Crippen LogP contribution in [0.2, 0.25) is 0 Å². The topological polar surface area (TPSA) is 89.9 Å². The maximum absolute atomic E-state index is 11.6. The third-order valence-electron chi connectivity index (χ3n) is 2.47. The lowest BCUT2D eigenvalue weighted by atomic mass is 10.1. The van der Waals surface area contributed by atoms with Gasteiger partial charge in [-0.05, 0) is 24.1 Å². The standard InChI is InChI=1S/C12H14O3.ClHO3S/c1-2-9-4-3-5-10(8-9)12(13)15-11-6-7-14-11;1-5(2,3)4/h3-5,8,11H,2,6-7H2,1H3;(H,2,3,4). The van der Waals surface area contributed by atoms with E-state index in [4.69, 9.17) is 22.4 Å². The van der Waals surface area contributed by atoms with Gasteiger partial charge in [-0.1, -0.05) is 19.1 Å². The molecule has 8 heteroatoms. The second kappa shape index (κ2) is 7.58. The van der Waals surface area contributed by atoms with Gasteiger partial charge in [-0.25, -0.2) is 4.79 Å². The summed E-state index contributed by atoms with van der Waals surface area (Å²) in [6.45, 7) is 2.74. The third-order valence-corrected chi connectivity index (χ3v) is 2.47. The van der Waals surface area contributed by atoms with E-state index in [1.54, 1.807) is 6.07 Å². The maximum atomic E-state index is 11.6. The summed E-state index contributed by atoms with van der Waals surface area (Å²) < 4.78 is 35.3. The molecular formula is C12H15ClO6S. The lowest BCUT2D eigenvalue weighted by Gasteiger charge is -2.25. The molecule has 1 saturated heterocycles. The first-order chi connectivity index (χ1) is 9.29. The molecule has 0 aliphatic carbocycles. The average molecular weight is 323 g/mol. The molecule has 0 aromatic heterocycles. The largest absolute Gasteiger partial charge is 0.432 e. The Kier molecular flexibility index (Phi) is 6.41. The number of carbonyl (C=O) groups excluding carboxylic acids is 1. The molecule has 6 nitrogen and oxygen atoms in total. The Hall–Kier alpha value is -1.15. The predicted octanol–water partition coefficient (Wildman–Crippen LogP) is 2.18. The smallest absolute Gasteiger partial charge is 0.353 e. The van der Waals surface area contributed by atoms with Gasteiger partial charge in [0.25, 0.3) is 0 Å². The quantitative estimate of drug-likeness (QED) is 0.521. The number of hydrogen-bond donors (Lipinski definition) is 1. The van der Waals surface area contributed by atoms with Crippen molar-refractivity contribution in [2.75, 3.05) is 6.61 Å². The molecule has 1 aromatic carbocycles. The van der Waals surface area contributed by atoms with Crippen molar-refractivity contribution in [3.05, 3.63) is 35.4 Å². The Morgan fingerprint density at radius 1 is 1.55 bits per heavy atom. The van der Waals surface area contributed by atoms with Crippen LogP contribution in [0, 0.1) is 0 Å². The van der Waals surface area contributed by atoms with Gasteiger partial charge in [-0.2, -0.15) is 8.42 Å². The van der Waals surface area contributed by atoms with Gasteiger partial charge in [0.15, 0.2) is 0 Å². The number of ether oxygens (including phenoxy) is 2. The predicted molar refractivity (Wildman–Crippen MR) is 73.0 cm³/mol. The lowest BCUT2D eigenvalue weighted by molar-refractivity contribution is -0.184. The Bertz CT molecular complexity index is 545. The molecule has 0 radical (unpaired) electrons. The van der Waals surface area contributed by atoms with E-state index in [1.165, 1.54) is 0 Å². The summed E-state index contributed by atoms with van der Waals surface area (Å²) in [7, 11) is -0.137. The van der Waals surface area contributed by atoms with Crippen molar-refractivity contribution < 1.29 is 27.2 Å². The highest BCUT2D eigenvalue weighted by Gasteiger charge is 2.23. The zero-order valence-electron chi connectivity index (χ0n) is 10.8. The van der Waals surface area contributed by atoms with Crippen LogP contribution in [-0.4, -0.2) is 31.8 Å². The summed E-state index contributed by atoms with van der Waals surface area (Å²) in [6.07, 6.45) is 1.39. The molecule has 1 fully saturated rings. The van der Waals surface area contributed by atoms with Crippen LogP contribution < -0.4 is 0 Å². The number of benzene rings is 1. The summed E-state index contributed by atoms with van der Waals surface area (Å²) in [5.74, 6) is -0.296. The Labute approximate surface area is 121 Å². The zero-order valence-corrected chi connectivity index (χ0v) is 12.4. The van der Waals surface area contributed by atoms with Crippen molar-refractivity contribution in [3.8, 4) is 0 Å². The normalized spacial score (nSPS) is 17.4. The number of carbonyl (C=O) groups is 1. The van der Waals surface area contributed by atoms with Gasteiger partial charge in [0, 0.05) is 17.1 Å². The summed E-state index contributed by atoms with van der Waals surface area (Å²) in [4.78, 5) is 11.6.